The van der Waals surface area contributed by atoms with E-state index in [4.69, 9.17) is 23.2 Å². The molecule has 0 radical (unpaired) electrons. The number of para-hydroxylation sites is 1. The van der Waals surface area contributed by atoms with E-state index in [1.165, 1.54) is 18.2 Å². The third kappa shape index (κ3) is 5.10. The normalized spacial score (nSPS) is 14.8. The number of carbonyl (C=O) groups is 1. The molecule has 0 unspecified atom stereocenters. The molecule has 9 heteroatoms. The standard InChI is InChI=1S/C19H21Cl2N3O3S/c1-28(26,27)24(18-12-15(20)11-16(21)13-18)14-19(25)23-9-7-22(8-10-23)17-5-3-2-4-6-17/h2-6,11-13H,7-10,14H2,1H3. The van der Waals surface area contributed by atoms with Crippen LogP contribution in [0.15, 0.2) is 48.5 Å². The predicted octanol–water partition coefficient (Wildman–Crippen LogP) is 3.11. The lowest BCUT2D eigenvalue weighted by Crippen LogP contribution is -2.52. The first kappa shape index (κ1) is 20.8. The van der Waals surface area contributed by atoms with Crippen LogP contribution >= 0.6 is 23.2 Å². The van der Waals surface area contributed by atoms with Crippen LogP contribution in [0.25, 0.3) is 0 Å². The van der Waals surface area contributed by atoms with Crippen molar-refractivity contribution >= 4 is 50.5 Å². The third-order valence-electron chi connectivity index (χ3n) is 4.57. The van der Waals surface area contributed by atoms with E-state index in [1.807, 2.05) is 30.3 Å². The van der Waals surface area contributed by atoms with Crippen LogP contribution in [-0.4, -0.2) is 58.2 Å². The van der Waals surface area contributed by atoms with Gasteiger partial charge in [0.15, 0.2) is 0 Å². The van der Waals surface area contributed by atoms with Crippen LogP contribution < -0.4 is 9.21 Å². The summed E-state index contributed by atoms with van der Waals surface area (Å²) in [5.74, 6) is -0.255. The first-order valence-corrected chi connectivity index (χ1v) is 11.4. The highest BCUT2D eigenvalue weighted by molar-refractivity contribution is 7.92. The summed E-state index contributed by atoms with van der Waals surface area (Å²) < 4.78 is 25.6. The van der Waals surface area contributed by atoms with Gasteiger partial charge in [0.25, 0.3) is 0 Å². The second kappa shape index (κ2) is 8.59. The molecular weight excluding hydrogens is 421 g/mol. The minimum Gasteiger partial charge on any atom is -0.368 e. The molecule has 3 rings (SSSR count). The van der Waals surface area contributed by atoms with Gasteiger partial charge in [0, 0.05) is 41.9 Å². The average Bonchev–Trinajstić information content (AvgIpc) is 2.65. The number of sulfonamides is 1. The van der Waals surface area contributed by atoms with Crippen molar-refractivity contribution in [3.05, 3.63) is 58.6 Å². The van der Waals surface area contributed by atoms with Crippen LogP contribution in [0.3, 0.4) is 0 Å². The molecule has 1 saturated heterocycles. The van der Waals surface area contributed by atoms with Crippen molar-refractivity contribution < 1.29 is 13.2 Å². The Morgan fingerprint density at radius 1 is 1.00 bits per heavy atom. The number of hydrogen-bond acceptors (Lipinski definition) is 4. The number of carbonyl (C=O) groups excluding carboxylic acids is 1. The van der Waals surface area contributed by atoms with E-state index in [1.54, 1.807) is 4.90 Å². The van der Waals surface area contributed by atoms with Crippen LogP contribution in [0.2, 0.25) is 10.0 Å². The van der Waals surface area contributed by atoms with Crippen LogP contribution in [0.1, 0.15) is 0 Å². The monoisotopic (exact) mass is 441 g/mol. The lowest BCUT2D eigenvalue weighted by molar-refractivity contribution is -0.129. The quantitative estimate of drug-likeness (QED) is 0.714. The molecule has 1 fully saturated rings. The van der Waals surface area contributed by atoms with Gasteiger partial charge < -0.3 is 9.80 Å². The van der Waals surface area contributed by atoms with Crippen molar-refractivity contribution in [1.82, 2.24) is 4.90 Å². The maximum Gasteiger partial charge on any atom is 0.243 e. The summed E-state index contributed by atoms with van der Waals surface area (Å²) in [6, 6.07) is 14.5. The van der Waals surface area contributed by atoms with Crippen molar-refractivity contribution in [2.75, 3.05) is 48.2 Å². The Bertz CT molecular complexity index is 926. The third-order valence-corrected chi connectivity index (χ3v) is 6.15. The van der Waals surface area contributed by atoms with Crippen molar-refractivity contribution in [3.63, 3.8) is 0 Å². The second-order valence-electron chi connectivity index (χ2n) is 6.60. The van der Waals surface area contributed by atoms with Gasteiger partial charge in [0.05, 0.1) is 11.9 Å². The number of amides is 1. The van der Waals surface area contributed by atoms with E-state index in [2.05, 4.69) is 4.90 Å². The van der Waals surface area contributed by atoms with Gasteiger partial charge in [0.2, 0.25) is 15.9 Å². The summed E-state index contributed by atoms with van der Waals surface area (Å²) in [6.45, 7) is 2.15. The molecule has 1 amide bonds. The number of rotatable bonds is 5. The van der Waals surface area contributed by atoms with Crippen LogP contribution in [0, 0.1) is 0 Å². The predicted molar refractivity (Wildman–Crippen MR) is 114 cm³/mol. The zero-order valence-electron chi connectivity index (χ0n) is 15.4. The molecule has 2 aromatic rings. The summed E-state index contributed by atoms with van der Waals surface area (Å²) >= 11 is 12.0. The highest BCUT2D eigenvalue weighted by Gasteiger charge is 2.27. The van der Waals surface area contributed by atoms with E-state index in [0.717, 1.165) is 16.2 Å². The van der Waals surface area contributed by atoms with E-state index >= 15 is 0 Å². The molecule has 0 N–H and O–H groups in total. The fourth-order valence-corrected chi connectivity index (χ4v) is 4.51. The summed E-state index contributed by atoms with van der Waals surface area (Å²) in [5.41, 5.74) is 1.39. The van der Waals surface area contributed by atoms with Crippen LogP contribution in [-0.2, 0) is 14.8 Å². The zero-order chi connectivity index (χ0) is 20.3. The Morgan fingerprint density at radius 2 is 1.57 bits per heavy atom. The Hall–Kier alpha value is -1.96. The number of piperazine rings is 1. The van der Waals surface area contributed by atoms with Gasteiger partial charge in [-0.25, -0.2) is 8.42 Å². The summed E-state index contributed by atoms with van der Waals surface area (Å²) in [5, 5.41) is 0.611. The summed E-state index contributed by atoms with van der Waals surface area (Å²) in [7, 11) is -3.68. The van der Waals surface area contributed by atoms with Crippen molar-refractivity contribution in [1.29, 1.82) is 0 Å². The summed E-state index contributed by atoms with van der Waals surface area (Å²) in [6.07, 6.45) is 1.06. The Morgan fingerprint density at radius 3 is 2.11 bits per heavy atom. The number of benzene rings is 2. The number of hydrogen-bond donors (Lipinski definition) is 0. The molecule has 0 aliphatic carbocycles. The molecular formula is C19H21Cl2N3O3S. The van der Waals surface area contributed by atoms with Crippen LogP contribution in [0.4, 0.5) is 11.4 Å². The van der Waals surface area contributed by atoms with Gasteiger partial charge in [-0.05, 0) is 30.3 Å². The largest absolute Gasteiger partial charge is 0.368 e. The molecule has 6 nitrogen and oxygen atoms in total. The molecule has 0 aromatic heterocycles. The molecule has 1 heterocycles. The highest BCUT2D eigenvalue weighted by Crippen LogP contribution is 2.27. The molecule has 1 aliphatic rings. The molecule has 1 aliphatic heterocycles. The van der Waals surface area contributed by atoms with Gasteiger partial charge in [-0.2, -0.15) is 0 Å². The smallest absolute Gasteiger partial charge is 0.243 e. The molecule has 0 saturated carbocycles. The molecule has 0 spiro atoms. The fourth-order valence-electron chi connectivity index (χ4n) is 3.16. The number of halogens is 2. The van der Waals surface area contributed by atoms with Crippen LogP contribution in [0.5, 0.6) is 0 Å². The minimum atomic E-state index is -3.68. The zero-order valence-corrected chi connectivity index (χ0v) is 17.7. The molecule has 2 aromatic carbocycles. The maximum atomic E-state index is 12.8. The topological polar surface area (TPSA) is 60.9 Å². The van der Waals surface area contributed by atoms with Gasteiger partial charge in [0.1, 0.15) is 6.54 Å². The lowest BCUT2D eigenvalue weighted by atomic mass is 10.2. The molecule has 0 bridgehead atoms. The fraction of sp³-hybridized carbons (Fsp3) is 0.316. The Balaban J connectivity index is 1.70. The molecule has 150 valence electrons. The minimum absolute atomic E-state index is 0.255. The van der Waals surface area contributed by atoms with E-state index in [-0.39, 0.29) is 18.1 Å². The average molecular weight is 442 g/mol. The lowest BCUT2D eigenvalue weighted by Gasteiger charge is -2.37. The highest BCUT2D eigenvalue weighted by atomic mass is 35.5. The molecule has 0 atom stereocenters. The van der Waals surface area contributed by atoms with Gasteiger partial charge >= 0.3 is 0 Å². The van der Waals surface area contributed by atoms with E-state index < -0.39 is 10.0 Å². The Kier molecular flexibility index (Phi) is 6.37. The van der Waals surface area contributed by atoms with Gasteiger partial charge in [-0.15, -0.1) is 0 Å². The Labute approximate surface area is 175 Å². The SMILES string of the molecule is CS(=O)(=O)N(CC(=O)N1CCN(c2ccccc2)CC1)c1cc(Cl)cc(Cl)c1. The number of anilines is 2. The molecule has 28 heavy (non-hydrogen) atoms. The number of nitrogens with zero attached hydrogens (tertiary/aromatic N) is 3. The van der Waals surface area contributed by atoms with Gasteiger partial charge in [-0.1, -0.05) is 41.4 Å². The van der Waals surface area contributed by atoms with Gasteiger partial charge in [-0.3, -0.25) is 9.10 Å². The first-order chi connectivity index (χ1) is 13.2. The van der Waals surface area contributed by atoms with Crippen molar-refractivity contribution in [3.8, 4) is 0 Å². The van der Waals surface area contributed by atoms with E-state index in [0.29, 0.717) is 36.2 Å². The maximum absolute atomic E-state index is 12.8. The van der Waals surface area contributed by atoms with Crippen molar-refractivity contribution in [2.45, 2.75) is 0 Å². The second-order valence-corrected chi connectivity index (χ2v) is 9.38. The van der Waals surface area contributed by atoms with E-state index in [9.17, 15) is 13.2 Å². The summed E-state index contributed by atoms with van der Waals surface area (Å²) in [4.78, 5) is 16.7. The van der Waals surface area contributed by atoms with Crippen molar-refractivity contribution in [2.24, 2.45) is 0 Å². The first-order valence-electron chi connectivity index (χ1n) is 8.75.